The Morgan fingerprint density at radius 2 is 1.86 bits per heavy atom. The molecule has 29 heavy (non-hydrogen) atoms. The Hall–Kier alpha value is -3.68. The molecule has 0 radical (unpaired) electrons. The predicted octanol–water partition coefficient (Wildman–Crippen LogP) is 1.77. The zero-order chi connectivity index (χ0) is 20.5. The van der Waals surface area contributed by atoms with Crippen molar-refractivity contribution in [3.8, 4) is 5.75 Å². The fraction of sp³-hybridized carbons (Fsp3) is 0.238. The number of aromatic nitrogens is 3. The molecule has 0 fully saturated rings. The molecule has 3 aromatic rings. The highest BCUT2D eigenvalue weighted by atomic mass is 16.5. The van der Waals surface area contributed by atoms with Crippen LogP contribution >= 0.6 is 0 Å². The van der Waals surface area contributed by atoms with Gasteiger partial charge in [-0.3, -0.25) is 9.59 Å². The van der Waals surface area contributed by atoms with E-state index in [1.807, 2.05) is 31.2 Å². The van der Waals surface area contributed by atoms with Crippen molar-refractivity contribution >= 4 is 11.8 Å². The van der Waals surface area contributed by atoms with E-state index < -0.39 is 0 Å². The van der Waals surface area contributed by atoms with Crippen molar-refractivity contribution in [2.24, 2.45) is 0 Å². The van der Waals surface area contributed by atoms with Crippen LogP contribution in [0, 0.1) is 0 Å². The van der Waals surface area contributed by atoms with Gasteiger partial charge in [-0.1, -0.05) is 24.3 Å². The SMILES string of the molecule is CCOc1ccc(C(=O)NCC(=O)NCc2cccc(Cn3cncn3)c2)cc1. The van der Waals surface area contributed by atoms with E-state index in [2.05, 4.69) is 20.7 Å². The zero-order valence-corrected chi connectivity index (χ0v) is 16.2. The second-order valence-corrected chi connectivity index (χ2v) is 6.33. The lowest BCUT2D eigenvalue weighted by Crippen LogP contribution is -2.36. The quantitative estimate of drug-likeness (QED) is 0.577. The summed E-state index contributed by atoms with van der Waals surface area (Å²) in [6, 6.07) is 14.6. The maximum atomic E-state index is 12.1. The van der Waals surface area contributed by atoms with Gasteiger partial charge in [0.05, 0.1) is 19.7 Å². The average Bonchev–Trinajstić information content (AvgIpc) is 3.24. The Morgan fingerprint density at radius 3 is 2.59 bits per heavy atom. The number of ether oxygens (including phenoxy) is 1. The minimum atomic E-state index is -0.307. The zero-order valence-electron chi connectivity index (χ0n) is 16.2. The van der Waals surface area contributed by atoms with Crippen LogP contribution in [-0.2, 0) is 17.9 Å². The van der Waals surface area contributed by atoms with E-state index in [9.17, 15) is 9.59 Å². The van der Waals surface area contributed by atoms with Gasteiger partial charge in [-0.25, -0.2) is 9.67 Å². The Bertz CT molecular complexity index is 939. The molecular formula is C21H23N5O3. The standard InChI is InChI=1S/C21H23N5O3/c1-2-29-19-8-6-18(7-9-19)21(28)24-12-20(27)23-11-16-4-3-5-17(10-16)13-26-15-22-14-25-26/h3-10,14-15H,2,11-13H2,1H3,(H,23,27)(H,24,28). The molecule has 1 heterocycles. The van der Waals surface area contributed by atoms with Crippen LogP contribution in [0.4, 0.5) is 0 Å². The summed E-state index contributed by atoms with van der Waals surface area (Å²) in [5.41, 5.74) is 2.50. The molecule has 0 saturated heterocycles. The molecule has 8 heteroatoms. The average molecular weight is 393 g/mol. The molecule has 2 amide bonds. The van der Waals surface area contributed by atoms with Gasteiger partial charge >= 0.3 is 0 Å². The maximum absolute atomic E-state index is 12.1. The summed E-state index contributed by atoms with van der Waals surface area (Å²) in [6.07, 6.45) is 3.15. The fourth-order valence-corrected chi connectivity index (χ4v) is 2.73. The van der Waals surface area contributed by atoms with Gasteiger partial charge in [-0.15, -0.1) is 0 Å². The molecule has 150 valence electrons. The molecule has 0 atom stereocenters. The van der Waals surface area contributed by atoms with Crippen LogP contribution in [-0.4, -0.2) is 39.7 Å². The van der Waals surface area contributed by atoms with Gasteiger partial charge < -0.3 is 15.4 Å². The number of nitrogens with zero attached hydrogens (tertiary/aromatic N) is 3. The summed E-state index contributed by atoms with van der Waals surface area (Å²) in [7, 11) is 0. The first kappa shape index (κ1) is 20.1. The third-order valence-corrected chi connectivity index (χ3v) is 4.13. The van der Waals surface area contributed by atoms with E-state index in [0.717, 1.165) is 11.1 Å². The smallest absolute Gasteiger partial charge is 0.251 e. The number of hydrogen-bond donors (Lipinski definition) is 2. The Morgan fingerprint density at radius 1 is 1.07 bits per heavy atom. The van der Waals surface area contributed by atoms with E-state index in [0.29, 0.717) is 31.0 Å². The lowest BCUT2D eigenvalue weighted by molar-refractivity contribution is -0.120. The van der Waals surface area contributed by atoms with E-state index >= 15 is 0 Å². The van der Waals surface area contributed by atoms with Gasteiger partial charge in [-0.05, 0) is 42.3 Å². The Kier molecular flexibility index (Phi) is 6.94. The molecule has 0 unspecified atom stereocenters. The molecule has 1 aromatic heterocycles. The van der Waals surface area contributed by atoms with E-state index in [1.165, 1.54) is 6.33 Å². The highest BCUT2D eigenvalue weighted by Crippen LogP contribution is 2.12. The highest BCUT2D eigenvalue weighted by Gasteiger charge is 2.08. The molecular weight excluding hydrogens is 370 g/mol. The lowest BCUT2D eigenvalue weighted by Gasteiger charge is -2.09. The van der Waals surface area contributed by atoms with E-state index in [1.54, 1.807) is 35.3 Å². The molecule has 8 nitrogen and oxygen atoms in total. The Labute approximate surface area is 168 Å². The molecule has 2 aromatic carbocycles. The monoisotopic (exact) mass is 393 g/mol. The van der Waals surface area contributed by atoms with Crippen LogP contribution in [0.15, 0.2) is 61.2 Å². The van der Waals surface area contributed by atoms with Crippen molar-refractivity contribution < 1.29 is 14.3 Å². The van der Waals surface area contributed by atoms with E-state index in [-0.39, 0.29) is 18.4 Å². The minimum absolute atomic E-state index is 0.0926. The van der Waals surface area contributed by atoms with Crippen molar-refractivity contribution in [1.82, 2.24) is 25.4 Å². The first-order chi connectivity index (χ1) is 14.1. The number of hydrogen-bond acceptors (Lipinski definition) is 5. The van der Waals surface area contributed by atoms with Gasteiger partial charge in [0.15, 0.2) is 0 Å². The van der Waals surface area contributed by atoms with Crippen LogP contribution in [0.5, 0.6) is 5.75 Å². The summed E-state index contributed by atoms with van der Waals surface area (Å²) in [5, 5.41) is 9.51. The van der Waals surface area contributed by atoms with Crippen molar-refractivity contribution in [2.45, 2.75) is 20.0 Å². The van der Waals surface area contributed by atoms with Crippen LogP contribution in [0.1, 0.15) is 28.4 Å². The van der Waals surface area contributed by atoms with E-state index in [4.69, 9.17) is 4.74 Å². The molecule has 2 N–H and O–H groups in total. The second-order valence-electron chi connectivity index (χ2n) is 6.33. The molecule has 0 aliphatic carbocycles. The highest BCUT2D eigenvalue weighted by molar-refractivity contribution is 5.96. The number of benzene rings is 2. The number of amides is 2. The Balaban J connectivity index is 1.44. The van der Waals surface area contributed by atoms with Crippen molar-refractivity contribution in [2.75, 3.05) is 13.2 Å². The van der Waals surface area contributed by atoms with Gasteiger partial charge in [0, 0.05) is 12.1 Å². The van der Waals surface area contributed by atoms with Crippen molar-refractivity contribution in [1.29, 1.82) is 0 Å². The van der Waals surface area contributed by atoms with Crippen molar-refractivity contribution in [3.05, 3.63) is 77.9 Å². The molecule has 0 aliphatic heterocycles. The molecule has 0 bridgehead atoms. The maximum Gasteiger partial charge on any atom is 0.251 e. The van der Waals surface area contributed by atoms with Crippen LogP contribution < -0.4 is 15.4 Å². The number of carbonyl (C=O) groups is 2. The summed E-state index contributed by atoms with van der Waals surface area (Å²) >= 11 is 0. The fourth-order valence-electron chi connectivity index (χ4n) is 2.73. The summed E-state index contributed by atoms with van der Waals surface area (Å²) in [4.78, 5) is 28.1. The third-order valence-electron chi connectivity index (χ3n) is 4.13. The van der Waals surface area contributed by atoms with Crippen LogP contribution in [0.25, 0.3) is 0 Å². The first-order valence-corrected chi connectivity index (χ1v) is 9.32. The van der Waals surface area contributed by atoms with Crippen LogP contribution in [0.2, 0.25) is 0 Å². The predicted molar refractivity (Wildman–Crippen MR) is 107 cm³/mol. The first-order valence-electron chi connectivity index (χ1n) is 9.32. The van der Waals surface area contributed by atoms with Gasteiger partial charge in [-0.2, -0.15) is 5.10 Å². The lowest BCUT2D eigenvalue weighted by atomic mass is 10.1. The summed E-state index contributed by atoms with van der Waals surface area (Å²) < 4.78 is 7.08. The number of nitrogens with one attached hydrogen (secondary N) is 2. The van der Waals surface area contributed by atoms with Crippen LogP contribution in [0.3, 0.4) is 0 Å². The molecule has 0 spiro atoms. The molecule has 0 saturated carbocycles. The van der Waals surface area contributed by atoms with Crippen molar-refractivity contribution in [3.63, 3.8) is 0 Å². The number of rotatable bonds is 9. The minimum Gasteiger partial charge on any atom is -0.494 e. The summed E-state index contributed by atoms with van der Waals surface area (Å²) in [5.74, 6) is 0.136. The van der Waals surface area contributed by atoms with Gasteiger partial charge in [0.2, 0.25) is 5.91 Å². The summed E-state index contributed by atoms with van der Waals surface area (Å²) in [6.45, 7) is 3.36. The topological polar surface area (TPSA) is 98.1 Å². The second kappa shape index (κ2) is 10.0. The normalized spacial score (nSPS) is 10.4. The van der Waals surface area contributed by atoms with Gasteiger partial charge in [0.25, 0.3) is 5.91 Å². The third kappa shape index (κ3) is 6.17. The molecule has 3 rings (SSSR count). The number of carbonyl (C=O) groups excluding carboxylic acids is 2. The molecule has 0 aliphatic rings. The van der Waals surface area contributed by atoms with Gasteiger partial charge in [0.1, 0.15) is 18.4 Å². The largest absolute Gasteiger partial charge is 0.494 e.